The Morgan fingerprint density at radius 1 is 1.82 bits per heavy atom. The largest absolute Gasteiger partial charge is 0.493 e. The van der Waals surface area contributed by atoms with Crippen molar-refractivity contribution in [3.63, 3.8) is 0 Å². The first-order chi connectivity index (χ1) is 5.29. The number of ether oxygens (including phenoxy) is 1. The summed E-state index contributed by atoms with van der Waals surface area (Å²) in [5.41, 5.74) is 5.62. The van der Waals surface area contributed by atoms with Crippen LogP contribution < -0.4 is 10.5 Å². The van der Waals surface area contributed by atoms with Gasteiger partial charge in [0.15, 0.2) is 11.5 Å². The van der Waals surface area contributed by atoms with Crippen LogP contribution >= 0.6 is 0 Å². The van der Waals surface area contributed by atoms with Gasteiger partial charge in [0, 0.05) is 6.07 Å². The number of methoxy groups -OCH3 is 1. The molecule has 0 saturated carbocycles. The van der Waals surface area contributed by atoms with Gasteiger partial charge < -0.3 is 14.9 Å². The lowest BCUT2D eigenvalue weighted by Crippen LogP contribution is -2.06. The summed E-state index contributed by atoms with van der Waals surface area (Å²) in [5.74, 6) is 1.28. The molecule has 1 aromatic heterocycles. The minimum absolute atomic E-state index is 0.292. The molecule has 1 aromatic rings. The topological polar surface area (TPSA) is 48.4 Å². The van der Waals surface area contributed by atoms with E-state index in [1.807, 2.05) is 0 Å². The summed E-state index contributed by atoms with van der Waals surface area (Å²) < 4.78 is 10.1. The van der Waals surface area contributed by atoms with Crippen molar-refractivity contribution >= 4 is 0 Å². The van der Waals surface area contributed by atoms with Gasteiger partial charge in [-0.2, -0.15) is 0 Å². The van der Waals surface area contributed by atoms with Crippen molar-refractivity contribution in [2.45, 2.75) is 6.04 Å². The standard InChI is InChI=1S/C8H11NO2/c1-3-6(9)8-7(10-2)4-5-11-8/h3-6H,1,9H2,2H3. The molecule has 0 fully saturated rings. The van der Waals surface area contributed by atoms with Crippen LogP contribution in [0.1, 0.15) is 11.8 Å². The minimum Gasteiger partial charge on any atom is -0.493 e. The molecule has 3 nitrogen and oxygen atoms in total. The summed E-state index contributed by atoms with van der Waals surface area (Å²) in [6, 6.07) is 1.43. The maximum Gasteiger partial charge on any atom is 0.166 e. The van der Waals surface area contributed by atoms with E-state index in [1.165, 1.54) is 6.26 Å². The second-order valence-electron chi connectivity index (χ2n) is 2.11. The van der Waals surface area contributed by atoms with Gasteiger partial charge >= 0.3 is 0 Å². The fraction of sp³-hybridized carbons (Fsp3) is 0.250. The van der Waals surface area contributed by atoms with Crippen molar-refractivity contribution < 1.29 is 9.15 Å². The van der Waals surface area contributed by atoms with Crippen LogP contribution in [0.5, 0.6) is 5.75 Å². The number of furan rings is 1. The van der Waals surface area contributed by atoms with Crippen LogP contribution in [0, 0.1) is 0 Å². The van der Waals surface area contributed by atoms with Crippen LogP contribution in [0.4, 0.5) is 0 Å². The molecule has 0 spiro atoms. The van der Waals surface area contributed by atoms with Crippen LogP contribution in [0.15, 0.2) is 29.4 Å². The molecule has 1 rings (SSSR count). The highest BCUT2D eigenvalue weighted by Gasteiger charge is 2.11. The molecule has 0 aliphatic rings. The molecular formula is C8H11NO2. The van der Waals surface area contributed by atoms with Crippen molar-refractivity contribution in [3.05, 3.63) is 30.7 Å². The van der Waals surface area contributed by atoms with E-state index in [4.69, 9.17) is 14.9 Å². The Morgan fingerprint density at radius 2 is 2.55 bits per heavy atom. The molecule has 1 unspecified atom stereocenters. The van der Waals surface area contributed by atoms with Gasteiger partial charge in [0.05, 0.1) is 19.4 Å². The molecule has 0 saturated heterocycles. The van der Waals surface area contributed by atoms with Crippen molar-refractivity contribution in [2.24, 2.45) is 5.73 Å². The van der Waals surface area contributed by atoms with Gasteiger partial charge in [0.1, 0.15) is 0 Å². The Balaban J connectivity index is 2.91. The molecule has 0 amide bonds. The maximum atomic E-state index is 5.62. The molecule has 60 valence electrons. The summed E-state index contributed by atoms with van der Waals surface area (Å²) in [4.78, 5) is 0. The molecule has 11 heavy (non-hydrogen) atoms. The van der Waals surface area contributed by atoms with Gasteiger partial charge in [-0.1, -0.05) is 6.08 Å². The number of hydrogen-bond donors (Lipinski definition) is 1. The first-order valence-corrected chi connectivity index (χ1v) is 3.29. The van der Waals surface area contributed by atoms with Crippen molar-refractivity contribution in [1.82, 2.24) is 0 Å². The van der Waals surface area contributed by atoms with Crippen LogP contribution in [0.2, 0.25) is 0 Å². The third-order valence-electron chi connectivity index (χ3n) is 1.43. The monoisotopic (exact) mass is 153 g/mol. The van der Waals surface area contributed by atoms with Crippen molar-refractivity contribution in [1.29, 1.82) is 0 Å². The fourth-order valence-corrected chi connectivity index (χ4v) is 0.828. The third kappa shape index (κ3) is 1.43. The zero-order chi connectivity index (χ0) is 8.27. The van der Waals surface area contributed by atoms with Crippen molar-refractivity contribution in [2.75, 3.05) is 7.11 Å². The smallest absolute Gasteiger partial charge is 0.166 e. The van der Waals surface area contributed by atoms with Gasteiger partial charge in [0.25, 0.3) is 0 Å². The van der Waals surface area contributed by atoms with E-state index >= 15 is 0 Å². The van der Waals surface area contributed by atoms with Crippen LogP contribution in [0.25, 0.3) is 0 Å². The SMILES string of the molecule is C=CC(N)c1occc1OC. The van der Waals surface area contributed by atoms with E-state index in [0.717, 1.165) is 0 Å². The molecule has 0 aliphatic carbocycles. The van der Waals surface area contributed by atoms with Crippen LogP contribution in [0.3, 0.4) is 0 Å². The van der Waals surface area contributed by atoms with Gasteiger partial charge in [0.2, 0.25) is 0 Å². The number of nitrogens with two attached hydrogens (primary N) is 1. The second kappa shape index (κ2) is 3.25. The Labute approximate surface area is 65.4 Å². The average molecular weight is 153 g/mol. The zero-order valence-electron chi connectivity index (χ0n) is 6.41. The number of rotatable bonds is 3. The van der Waals surface area contributed by atoms with Gasteiger partial charge in [-0.25, -0.2) is 0 Å². The Kier molecular flexibility index (Phi) is 2.33. The minimum atomic E-state index is -0.292. The quantitative estimate of drug-likeness (QED) is 0.669. The maximum absolute atomic E-state index is 5.62. The molecular weight excluding hydrogens is 142 g/mol. The highest BCUT2D eigenvalue weighted by molar-refractivity contribution is 5.28. The summed E-state index contributed by atoms with van der Waals surface area (Å²) in [6.45, 7) is 3.55. The Morgan fingerprint density at radius 3 is 3.09 bits per heavy atom. The molecule has 3 heteroatoms. The van der Waals surface area contributed by atoms with Crippen LogP contribution in [-0.4, -0.2) is 7.11 Å². The molecule has 0 aliphatic heterocycles. The molecule has 0 radical (unpaired) electrons. The summed E-state index contributed by atoms with van der Waals surface area (Å²) in [7, 11) is 1.57. The average Bonchev–Trinajstić information content (AvgIpc) is 2.50. The highest BCUT2D eigenvalue weighted by Crippen LogP contribution is 2.24. The predicted molar refractivity (Wildman–Crippen MR) is 42.4 cm³/mol. The normalized spacial score (nSPS) is 12.5. The van der Waals surface area contributed by atoms with Gasteiger partial charge in [-0.05, 0) is 0 Å². The molecule has 2 N–H and O–H groups in total. The van der Waals surface area contributed by atoms with Crippen molar-refractivity contribution in [3.8, 4) is 5.75 Å². The first-order valence-electron chi connectivity index (χ1n) is 3.29. The van der Waals surface area contributed by atoms with E-state index in [2.05, 4.69) is 6.58 Å². The molecule has 1 heterocycles. The first kappa shape index (κ1) is 7.88. The molecule has 0 aromatic carbocycles. The number of hydrogen-bond acceptors (Lipinski definition) is 3. The molecule has 0 bridgehead atoms. The lowest BCUT2D eigenvalue weighted by molar-refractivity contribution is 0.386. The summed E-state index contributed by atoms with van der Waals surface area (Å²) >= 11 is 0. The van der Waals surface area contributed by atoms with Gasteiger partial charge in [-0.3, -0.25) is 0 Å². The lowest BCUT2D eigenvalue weighted by atomic mass is 10.2. The van der Waals surface area contributed by atoms with E-state index in [-0.39, 0.29) is 6.04 Å². The second-order valence-corrected chi connectivity index (χ2v) is 2.11. The summed E-state index contributed by atoms with van der Waals surface area (Å²) in [6.07, 6.45) is 3.14. The van der Waals surface area contributed by atoms with E-state index in [0.29, 0.717) is 11.5 Å². The van der Waals surface area contributed by atoms with Crippen LogP contribution in [-0.2, 0) is 0 Å². The molecule has 1 atom stereocenters. The van der Waals surface area contributed by atoms with E-state index in [1.54, 1.807) is 19.3 Å². The lowest BCUT2D eigenvalue weighted by Gasteiger charge is -2.03. The Hall–Kier alpha value is -1.22. The zero-order valence-corrected chi connectivity index (χ0v) is 6.41. The predicted octanol–water partition coefficient (Wildman–Crippen LogP) is 1.47. The van der Waals surface area contributed by atoms with E-state index < -0.39 is 0 Å². The third-order valence-corrected chi connectivity index (χ3v) is 1.43. The fourth-order valence-electron chi connectivity index (χ4n) is 0.828. The Bertz CT molecular complexity index is 242. The van der Waals surface area contributed by atoms with Gasteiger partial charge in [-0.15, -0.1) is 6.58 Å². The summed E-state index contributed by atoms with van der Waals surface area (Å²) in [5, 5.41) is 0. The van der Waals surface area contributed by atoms with E-state index in [9.17, 15) is 0 Å². The highest BCUT2D eigenvalue weighted by atomic mass is 16.5.